The molecule has 0 aliphatic carbocycles. The molecule has 4 N–H and O–H groups in total. The molecule has 0 fully saturated rings. The fourth-order valence-corrected chi connectivity index (χ4v) is 1.36. The predicted octanol–water partition coefficient (Wildman–Crippen LogP) is 2.55. The molecule has 82 valence electrons. The van der Waals surface area contributed by atoms with Gasteiger partial charge in [-0.2, -0.15) is 0 Å². The van der Waals surface area contributed by atoms with Crippen LogP contribution in [0.1, 0.15) is 5.69 Å². The lowest BCUT2D eigenvalue weighted by molar-refractivity contribution is 1.26. The molecule has 1 heterocycles. The van der Waals surface area contributed by atoms with E-state index < -0.39 is 0 Å². The summed E-state index contributed by atoms with van der Waals surface area (Å²) >= 11 is 0. The maximum Gasteiger partial charge on any atom is 0.0954 e. The van der Waals surface area contributed by atoms with Crippen LogP contribution in [0.5, 0.6) is 0 Å². The van der Waals surface area contributed by atoms with Crippen molar-refractivity contribution in [3.05, 3.63) is 30.0 Å². The lowest BCUT2D eigenvalue weighted by Crippen LogP contribution is -1.94. The average molecular weight is 246 g/mol. The number of pyridine rings is 1. The fraction of sp³-hybridized carbons (Fsp3) is 0.100. The summed E-state index contributed by atoms with van der Waals surface area (Å²) in [4.78, 5) is 4.33. The molecule has 0 aliphatic heterocycles. The minimum absolute atomic E-state index is 0. The van der Waals surface area contributed by atoms with Gasteiger partial charge in [0.1, 0.15) is 0 Å². The van der Waals surface area contributed by atoms with E-state index in [1.165, 1.54) is 0 Å². The van der Waals surface area contributed by atoms with Gasteiger partial charge in [-0.1, -0.05) is 0 Å². The van der Waals surface area contributed by atoms with Gasteiger partial charge in [-0.25, -0.2) is 0 Å². The topological polar surface area (TPSA) is 64.9 Å². The van der Waals surface area contributed by atoms with Gasteiger partial charge in [0.05, 0.1) is 11.2 Å². The van der Waals surface area contributed by atoms with Crippen molar-refractivity contribution in [3.63, 3.8) is 0 Å². The number of rotatable bonds is 0. The Kier molecular flexibility index (Phi) is 4.65. The number of anilines is 2. The van der Waals surface area contributed by atoms with Crippen LogP contribution >= 0.6 is 24.8 Å². The van der Waals surface area contributed by atoms with Gasteiger partial charge in [0.2, 0.25) is 0 Å². The highest BCUT2D eigenvalue weighted by Crippen LogP contribution is 2.24. The van der Waals surface area contributed by atoms with Crippen molar-refractivity contribution in [1.82, 2.24) is 4.98 Å². The van der Waals surface area contributed by atoms with Crippen LogP contribution in [0.2, 0.25) is 0 Å². The van der Waals surface area contributed by atoms with Crippen molar-refractivity contribution < 1.29 is 0 Å². The Morgan fingerprint density at radius 2 is 1.53 bits per heavy atom. The highest BCUT2D eigenvalue weighted by molar-refractivity contribution is 5.97. The minimum Gasteiger partial charge on any atom is -0.398 e. The molecular formula is C10H13Cl2N3. The number of halogens is 2. The molecule has 0 atom stereocenters. The minimum atomic E-state index is 0. The first-order valence-corrected chi connectivity index (χ1v) is 4.10. The van der Waals surface area contributed by atoms with Crippen molar-refractivity contribution >= 4 is 47.1 Å². The summed E-state index contributed by atoms with van der Waals surface area (Å²) in [5.74, 6) is 0. The van der Waals surface area contributed by atoms with Gasteiger partial charge in [0.25, 0.3) is 0 Å². The Balaban J connectivity index is 0.000000980. The van der Waals surface area contributed by atoms with Crippen LogP contribution in [0, 0.1) is 6.92 Å². The number of nitrogens with zero attached hydrogens (tertiary/aromatic N) is 1. The van der Waals surface area contributed by atoms with Crippen LogP contribution in [-0.2, 0) is 0 Å². The Morgan fingerprint density at radius 1 is 0.933 bits per heavy atom. The first-order chi connectivity index (χ1) is 6.18. The van der Waals surface area contributed by atoms with E-state index in [1.807, 2.05) is 19.1 Å². The smallest absolute Gasteiger partial charge is 0.0954 e. The molecule has 2 aromatic rings. The molecule has 0 spiro atoms. The first kappa shape index (κ1) is 13.8. The van der Waals surface area contributed by atoms with Gasteiger partial charge in [-0.15, -0.1) is 24.8 Å². The number of hydrogen-bond acceptors (Lipinski definition) is 3. The van der Waals surface area contributed by atoms with Gasteiger partial charge in [-0.05, 0) is 31.2 Å². The Hall–Kier alpha value is -1.19. The number of fused-ring (bicyclic) bond motifs is 1. The number of nitrogen functional groups attached to an aromatic ring is 2. The molecule has 0 unspecified atom stereocenters. The van der Waals surface area contributed by atoms with Crippen molar-refractivity contribution in [2.24, 2.45) is 0 Å². The second-order valence-electron chi connectivity index (χ2n) is 3.09. The monoisotopic (exact) mass is 245 g/mol. The van der Waals surface area contributed by atoms with Crippen molar-refractivity contribution in [2.75, 3.05) is 11.5 Å². The number of aryl methyl sites for hydroxylation is 1. The zero-order chi connectivity index (χ0) is 9.42. The second-order valence-corrected chi connectivity index (χ2v) is 3.09. The van der Waals surface area contributed by atoms with Crippen LogP contribution < -0.4 is 11.5 Å². The second kappa shape index (κ2) is 5.05. The van der Waals surface area contributed by atoms with Gasteiger partial charge < -0.3 is 11.5 Å². The normalized spacial score (nSPS) is 9.13. The SMILES string of the molecule is Cc1ccc2c(N)ccc(N)c2n1.Cl.Cl. The highest BCUT2D eigenvalue weighted by atomic mass is 35.5. The van der Waals surface area contributed by atoms with Gasteiger partial charge >= 0.3 is 0 Å². The summed E-state index contributed by atoms with van der Waals surface area (Å²) in [6.07, 6.45) is 0. The summed E-state index contributed by atoms with van der Waals surface area (Å²) in [7, 11) is 0. The molecule has 2 rings (SSSR count). The summed E-state index contributed by atoms with van der Waals surface area (Å²) in [5.41, 5.74) is 14.7. The van der Waals surface area contributed by atoms with E-state index in [4.69, 9.17) is 11.5 Å². The van der Waals surface area contributed by atoms with E-state index in [1.54, 1.807) is 12.1 Å². The predicted molar refractivity (Wildman–Crippen MR) is 69.8 cm³/mol. The van der Waals surface area contributed by atoms with Crippen LogP contribution in [0.4, 0.5) is 11.4 Å². The number of aromatic nitrogens is 1. The van der Waals surface area contributed by atoms with E-state index in [-0.39, 0.29) is 24.8 Å². The molecule has 0 saturated heterocycles. The number of hydrogen-bond donors (Lipinski definition) is 2. The Labute approximate surface area is 101 Å². The van der Waals surface area contributed by atoms with E-state index >= 15 is 0 Å². The molecular weight excluding hydrogens is 233 g/mol. The highest BCUT2D eigenvalue weighted by Gasteiger charge is 2.02. The van der Waals surface area contributed by atoms with Crippen LogP contribution in [0.3, 0.4) is 0 Å². The van der Waals surface area contributed by atoms with Gasteiger partial charge in [0, 0.05) is 16.8 Å². The largest absolute Gasteiger partial charge is 0.398 e. The molecule has 0 bridgehead atoms. The van der Waals surface area contributed by atoms with Gasteiger partial charge in [-0.3, -0.25) is 4.98 Å². The summed E-state index contributed by atoms with van der Waals surface area (Å²) < 4.78 is 0. The van der Waals surface area contributed by atoms with E-state index in [9.17, 15) is 0 Å². The first-order valence-electron chi connectivity index (χ1n) is 4.10. The molecule has 0 amide bonds. The lowest BCUT2D eigenvalue weighted by atomic mass is 10.1. The van der Waals surface area contributed by atoms with E-state index in [0.717, 1.165) is 22.3 Å². The molecule has 1 aromatic carbocycles. The molecule has 1 aromatic heterocycles. The summed E-state index contributed by atoms with van der Waals surface area (Å²) in [5, 5.41) is 0.922. The van der Waals surface area contributed by atoms with Crippen LogP contribution in [0.25, 0.3) is 10.9 Å². The molecule has 0 saturated carbocycles. The van der Waals surface area contributed by atoms with Gasteiger partial charge in [0.15, 0.2) is 0 Å². The van der Waals surface area contributed by atoms with E-state index in [0.29, 0.717) is 5.69 Å². The third kappa shape index (κ3) is 2.43. The molecule has 0 aliphatic rings. The Morgan fingerprint density at radius 3 is 2.20 bits per heavy atom. The van der Waals surface area contributed by atoms with Crippen molar-refractivity contribution in [1.29, 1.82) is 0 Å². The van der Waals surface area contributed by atoms with Crippen molar-refractivity contribution in [2.45, 2.75) is 6.92 Å². The number of benzene rings is 1. The average Bonchev–Trinajstić information content (AvgIpc) is 2.12. The van der Waals surface area contributed by atoms with E-state index in [2.05, 4.69) is 4.98 Å². The third-order valence-electron chi connectivity index (χ3n) is 2.06. The molecule has 15 heavy (non-hydrogen) atoms. The molecule has 3 nitrogen and oxygen atoms in total. The zero-order valence-electron chi connectivity index (χ0n) is 8.23. The standard InChI is InChI=1S/C10H11N3.2ClH/c1-6-2-3-7-8(11)4-5-9(12)10(7)13-6;;/h2-5H,11-12H2,1H3;2*1H. The third-order valence-corrected chi connectivity index (χ3v) is 2.06. The maximum absolute atomic E-state index is 5.78. The Bertz CT molecular complexity index is 471. The van der Waals surface area contributed by atoms with Crippen molar-refractivity contribution in [3.8, 4) is 0 Å². The number of nitrogens with two attached hydrogens (primary N) is 2. The van der Waals surface area contributed by atoms with Crippen LogP contribution in [0.15, 0.2) is 24.3 Å². The summed E-state index contributed by atoms with van der Waals surface area (Å²) in [6, 6.07) is 7.46. The maximum atomic E-state index is 5.78. The fourth-order valence-electron chi connectivity index (χ4n) is 1.36. The zero-order valence-corrected chi connectivity index (χ0v) is 9.86. The quantitative estimate of drug-likeness (QED) is 0.702. The lowest BCUT2D eigenvalue weighted by Gasteiger charge is -2.04. The molecule has 5 heteroatoms. The molecule has 0 radical (unpaired) electrons. The summed E-state index contributed by atoms with van der Waals surface area (Å²) in [6.45, 7) is 1.93. The van der Waals surface area contributed by atoms with Crippen LogP contribution in [-0.4, -0.2) is 4.98 Å².